The van der Waals surface area contributed by atoms with Gasteiger partial charge in [0.15, 0.2) is 0 Å². The van der Waals surface area contributed by atoms with Crippen LogP contribution in [0.1, 0.15) is 51.5 Å². The molecule has 192 valence electrons. The Balaban J connectivity index is 1.39. The number of fused-ring (bicyclic) bond motifs is 5. The van der Waals surface area contributed by atoms with Crippen LogP contribution in [-0.4, -0.2) is 60.6 Å². The number of carbonyl (C=O) groups is 3. The fourth-order valence-electron chi connectivity index (χ4n) is 9.14. The maximum Gasteiger partial charge on any atom is 0.309 e. The molecule has 7 rings (SSSR count). The number of esters is 2. The summed E-state index contributed by atoms with van der Waals surface area (Å²) in [5.74, 6) is -1.41. The van der Waals surface area contributed by atoms with E-state index in [1.165, 1.54) is 0 Å². The first-order valence-corrected chi connectivity index (χ1v) is 12.6. The first kappa shape index (κ1) is 22.5. The molecule has 6 fully saturated rings. The average molecular weight is 499 g/mol. The molecule has 1 aromatic heterocycles. The zero-order chi connectivity index (χ0) is 25.3. The number of furan rings is 1. The van der Waals surface area contributed by atoms with Crippen LogP contribution < -0.4 is 0 Å². The van der Waals surface area contributed by atoms with Crippen molar-refractivity contribution in [3.63, 3.8) is 0 Å². The van der Waals surface area contributed by atoms with Gasteiger partial charge in [0.05, 0.1) is 37.6 Å². The predicted octanol–water partition coefficient (Wildman–Crippen LogP) is 2.68. The van der Waals surface area contributed by atoms with Gasteiger partial charge in [0.2, 0.25) is 0 Å². The van der Waals surface area contributed by atoms with Crippen molar-refractivity contribution in [2.75, 3.05) is 6.61 Å². The highest BCUT2D eigenvalue weighted by Gasteiger charge is 2.85. The Hall–Kier alpha value is -2.65. The summed E-state index contributed by atoms with van der Waals surface area (Å²) in [7, 11) is 0. The van der Waals surface area contributed by atoms with E-state index in [9.17, 15) is 14.4 Å². The molecule has 0 unspecified atom stereocenters. The van der Waals surface area contributed by atoms with Crippen molar-refractivity contribution in [2.45, 2.75) is 81.6 Å². The molecule has 0 N–H and O–H groups in total. The van der Waals surface area contributed by atoms with Crippen LogP contribution in [0.5, 0.6) is 0 Å². The molecule has 0 bridgehead atoms. The summed E-state index contributed by atoms with van der Waals surface area (Å²) >= 11 is 0. The van der Waals surface area contributed by atoms with Gasteiger partial charge in [-0.3, -0.25) is 14.4 Å². The van der Waals surface area contributed by atoms with Crippen molar-refractivity contribution in [1.29, 1.82) is 0 Å². The SMILES string of the molecule is C=C1[C@H]2[C@H](O[C@@H]3CC(=O)O[C@]4(C)COC(=O)C[C@@H]4[C@]32C)[C@H](OC=O)[C@@]2(C)[C@@H](c3ccoc3)C[C@H]3O[C@]132. The molecule has 36 heavy (non-hydrogen) atoms. The third kappa shape index (κ3) is 2.37. The minimum atomic E-state index is -0.995. The Labute approximate surface area is 208 Å². The standard InChI is InChI=1S/C27H30O9/c1-13-21-22(34-17-9-20(30)36-24(2)11-32-19(29)8-16(24)25(17,21)3)23(33-12-28)26(4)15(14-5-6-31-10-14)7-18-27(13,26)35-18/h5-6,10,12,15-18,21-23H,1,7-9,11H2,2-4H3/t15-,16+,17-,18-,21+,22+,23+,24-,25-,26-,27-/m1/s1. The van der Waals surface area contributed by atoms with Gasteiger partial charge in [0, 0.05) is 28.6 Å². The summed E-state index contributed by atoms with van der Waals surface area (Å²) in [6, 6.07) is 1.94. The monoisotopic (exact) mass is 498 g/mol. The Morgan fingerprint density at radius 3 is 2.67 bits per heavy atom. The lowest BCUT2D eigenvalue weighted by atomic mass is 9.49. The molecule has 11 atom stereocenters. The van der Waals surface area contributed by atoms with E-state index in [0.717, 1.165) is 17.6 Å². The molecule has 2 aliphatic carbocycles. The van der Waals surface area contributed by atoms with Gasteiger partial charge in [0.25, 0.3) is 6.47 Å². The van der Waals surface area contributed by atoms with E-state index < -0.39 is 46.3 Å². The number of carbonyl (C=O) groups excluding carboxylic acids is 3. The first-order valence-electron chi connectivity index (χ1n) is 12.6. The summed E-state index contributed by atoms with van der Waals surface area (Å²) in [4.78, 5) is 37.4. The van der Waals surface area contributed by atoms with Gasteiger partial charge >= 0.3 is 11.9 Å². The van der Waals surface area contributed by atoms with Gasteiger partial charge in [-0.25, -0.2) is 0 Å². The molecule has 1 spiro atoms. The molecule has 2 saturated carbocycles. The second kappa shape index (κ2) is 6.81. The lowest BCUT2D eigenvalue weighted by molar-refractivity contribution is -0.199. The van der Waals surface area contributed by atoms with Crippen LogP contribution in [0.2, 0.25) is 0 Å². The molecular weight excluding hydrogens is 468 g/mol. The third-order valence-corrected chi connectivity index (χ3v) is 10.7. The highest BCUT2D eigenvalue weighted by Crippen LogP contribution is 2.78. The molecule has 5 heterocycles. The minimum Gasteiger partial charge on any atom is -0.472 e. The van der Waals surface area contributed by atoms with Crippen molar-refractivity contribution in [1.82, 2.24) is 0 Å². The predicted molar refractivity (Wildman–Crippen MR) is 120 cm³/mol. The third-order valence-electron chi connectivity index (χ3n) is 10.7. The van der Waals surface area contributed by atoms with E-state index in [1.807, 2.05) is 13.0 Å². The van der Waals surface area contributed by atoms with Crippen LogP contribution in [0, 0.1) is 22.7 Å². The molecule has 4 aliphatic heterocycles. The fourth-order valence-corrected chi connectivity index (χ4v) is 9.14. The maximum absolute atomic E-state index is 13.0. The van der Waals surface area contributed by atoms with Gasteiger partial charge < -0.3 is 28.1 Å². The van der Waals surface area contributed by atoms with Gasteiger partial charge in [-0.2, -0.15) is 0 Å². The number of cyclic esters (lactones) is 1. The number of rotatable bonds is 3. The summed E-state index contributed by atoms with van der Waals surface area (Å²) in [5, 5.41) is 0. The molecule has 0 aromatic carbocycles. The van der Waals surface area contributed by atoms with Gasteiger partial charge in [0.1, 0.15) is 30.0 Å². The fraction of sp³-hybridized carbons (Fsp3) is 0.667. The van der Waals surface area contributed by atoms with Crippen LogP contribution in [-0.2, 0) is 38.1 Å². The Bertz CT molecular complexity index is 1180. The second-order valence-corrected chi connectivity index (χ2v) is 12.0. The molecule has 9 heteroatoms. The zero-order valence-corrected chi connectivity index (χ0v) is 20.6. The molecule has 4 saturated heterocycles. The number of ether oxygens (including phenoxy) is 5. The quantitative estimate of drug-likeness (QED) is 0.204. The van der Waals surface area contributed by atoms with Crippen LogP contribution >= 0.6 is 0 Å². The highest BCUT2D eigenvalue weighted by atomic mass is 16.6. The van der Waals surface area contributed by atoms with Crippen LogP contribution in [0.3, 0.4) is 0 Å². The van der Waals surface area contributed by atoms with Crippen molar-refractivity contribution in [3.8, 4) is 0 Å². The minimum absolute atomic E-state index is 0.000601. The highest BCUT2D eigenvalue weighted by molar-refractivity contribution is 5.74. The second-order valence-electron chi connectivity index (χ2n) is 12.0. The van der Waals surface area contributed by atoms with E-state index in [1.54, 1.807) is 12.5 Å². The smallest absolute Gasteiger partial charge is 0.309 e. The number of hydrogen-bond acceptors (Lipinski definition) is 9. The van der Waals surface area contributed by atoms with Crippen LogP contribution in [0.15, 0.2) is 35.2 Å². The van der Waals surface area contributed by atoms with E-state index in [2.05, 4.69) is 20.4 Å². The van der Waals surface area contributed by atoms with E-state index in [-0.39, 0.29) is 49.3 Å². The van der Waals surface area contributed by atoms with E-state index in [0.29, 0.717) is 6.47 Å². The van der Waals surface area contributed by atoms with Gasteiger partial charge in [-0.1, -0.05) is 20.4 Å². The normalized spacial score (nSPS) is 52.5. The maximum atomic E-state index is 13.0. The van der Waals surface area contributed by atoms with Gasteiger partial charge in [-0.05, 0) is 30.5 Å². The Morgan fingerprint density at radius 2 is 1.94 bits per heavy atom. The van der Waals surface area contributed by atoms with Crippen molar-refractivity contribution in [2.24, 2.45) is 22.7 Å². The molecule has 0 amide bonds. The molecule has 9 nitrogen and oxygen atoms in total. The molecule has 0 radical (unpaired) electrons. The van der Waals surface area contributed by atoms with E-state index in [4.69, 9.17) is 28.1 Å². The largest absolute Gasteiger partial charge is 0.472 e. The first-order chi connectivity index (χ1) is 17.1. The van der Waals surface area contributed by atoms with Crippen molar-refractivity contribution < 1.29 is 42.5 Å². The summed E-state index contributed by atoms with van der Waals surface area (Å²) < 4.78 is 35.7. The van der Waals surface area contributed by atoms with Gasteiger partial charge in [-0.15, -0.1) is 0 Å². The molecule has 6 aliphatic rings. The topological polar surface area (TPSA) is 114 Å². The van der Waals surface area contributed by atoms with Crippen LogP contribution in [0.4, 0.5) is 0 Å². The Kier molecular flexibility index (Phi) is 4.26. The number of epoxide rings is 1. The van der Waals surface area contributed by atoms with Crippen LogP contribution in [0.25, 0.3) is 0 Å². The molecule has 1 aromatic rings. The van der Waals surface area contributed by atoms with Crippen molar-refractivity contribution in [3.05, 3.63) is 36.3 Å². The molecular formula is C27H30O9. The zero-order valence-electron chi connectivity index (χ0n) is 20.6. The summed E-state index contributed by atoms with van der Waals surface area (Å²) in [6.07, 6.45) is 2.41. The lowest BCUT2D eigenvalue weighted by Crippen LogP contribution is -2.64. The summed E-state index contributed by atoms with van der Waals surface area (Å²) in [5.41, 5.74) is -1.16. The summed E-state index contributed by atoms with van der Waals surface area (Å²) in [6.45, 7) is 11.1. The number of hydrogen-bond donors (Lipinski definition) is 0. The lowest BCUT2D eigenvalue weighted by Gasteiger charge is -2.55. The van der Waals surface area contributed by atoms with Crippen molar-refractivity contribution >= 4 is 18.4 Å². The average Bonchev–Trinajstić information content (AvgIpc) is 3.10. The van der Waals surface area contributed by atoms with E-state index >= 15 is 0 Å². The Morgan fingerprint density at radius 1 is 1.14 bits per heavy atom.